The van der Waals surface area contributed by atoms with Crippen molar-refractivity contribution in [2.45, 2.75) is 49.2 Å². The Bertz CT molecular complexity index is 312. The molecule has 0 aliphatic carbocycles. The van der Waals surface area contributed by atoms with Gasteiger partial charge in [-0.15, -0.1) is 11.8 Å². The van der Waals surface area contributed by atoms with Crippen LogP contribution in [-0.4, -0.2) is 18.3 Å². The third-order valence-electron chi connectivity index (χ3n) is 3.27. The first-order chi connectivity index (χ1) is 8.40. The van der Waals surface area contributed by atoms with E-state index in [-0.39, 0.29) is 0 Å². The zero-order valence-corrected chi connectivity index (χ0v) is 11.6. The van der Waals surface area contributed by atoms with Crippen molar-refractivity contribution in [1.29, 1.82) is 0 Å². The van der Waals surface area contributed by atoms with E-state index in [1.54, 1.807) is 5.56 Å². The largest absolute Gasteiger partial charge is 0.317 e. The van der Waals surface area contributed by atoms with Gasteiger partial charge in [0.05, 0.1) is 0 Å². The van der Waals surface area contributed by atoms with Crippen LogP contribution >= 0.6 is 11.8 Å². The second-order valence-corrected chi connectivity index (χ2v) is 6.14. The lowest BCUT2D eigenvalue weighted by molar-refractivity contribution is 0.592. The Morgan fingerprint density at radius 3 is 2.94 bits per heavy atom. The summed E-state index contributed by atoms with van der Waals surface area (Å²) in [4.78, 5) is 1.52. The third kappa shape index (κ3) is 4.04. The van der Waals surface area contributed by atoms with Crippen LogP contribution in [0.15, 0.2) is 29.2 Å². The minimum Gasteiger partial charge on any atom is -0.317 e. The maximum Gasteiger partial charge on any atom is 0.0135 e. The van der Waals surface area contributed by atoms with E-state index in [0.717, 1.165) is 5.25 Å². The van der Waals surface area contributed by atoms with Gasteiger partial charge in [0.1, 0.15) is 0 Å². The average Bonchev–Trinajstić information content (AvgIpc) is 2.76. The molecule has 0 amide bonds. The number of hydrogen-bond donors (Lipinski definition) is 1. The monoisotopic (exact) mass is 249 g/mol. The maximum atomic E-state index is 3.47. The highest BCUT2D eigenvalue weighted by Gasteiger charge is 2.20. The molecule has 2 rings (SSSR count). The van der Waals surface area contributed by atoms with Gasteiger partial charge >= 0.3 is 0 Å². The SMILES string of the molecule is CCCNCCCCC1Cc2ccccc2S1. The van der Waals surface area contributed by atoms with Crippen LogP contribution in [0.4, 0.5) is 0 Å². The Balaban J connectivity index is 1.60. The first-order valence-electron chi connectivity index (χ1n) is 6.85. The first kappa shape index (κ1) is 13.0. The predicted octanol–water partition coefficient (Wildman–Crippen LogP) is 3.87. The Labute approximate surface area is 109 Å². The Kier molecular flexibility index (Phi) is 5.40. The first-order valence-corrected chi connectivity index (χ1v) is 7.73. The summed E-state index contributed by atoms with van der Waals surface area (Å²) in [6, 6.07) is 8.87. The Morgan fingerprint density at radius 2 is 2.12 bits per heavy atom. The third-order valence-corrected chi connectivity index (χ3v) is 4.66. The van der Waals surface area contributed by atoms with Crippen LogP contribution in [0.25, 0.3) is 0 Å². The molecule has 1 aliphatic rings. The zero-order valence-electron chi connectivity index (χ0n) is 10.7. The normalized spacial score (nSPS) is 18.3. The summed E-state index contributed by atoms with van der Waals surface area (Å²) in [5, 5.41) is 4.30. The molecular formula is C15H23NS. The van der Waals surface area contributed by atoms with Gasteiger partial charge in [-0.1, -0.05) is 31.5 Å². The quantitative estimate of drug-likeness (QED) is 0.736. The second kappa shape index (κ2) is 7.07. The highest BCUT2D eigenvalue weighted by atomic mass is 32.2. The highest BCUT2D eigenvalue weighted by Crippen LogP contribution is 2.38. The zero-order chi connectivity index (χ0) is 11.9. The summed E-state index contributed by atoms with van der Waals surface area (Å²) >= 11 is 2.08. The molecule has 1 N–H and O–H groups in total. The minimum atomic E-state index is 0.832. The fourth-order valence-corrected chi connectivity index (χ4v) is 3.71. The number of hydrogen-bond acceptors (Lipinski definition) is 2. The lowest BCUT2D eigenvalue weighted by Gasteiger charge is -2.08. The van der Waals surface area contributed by atoms with Crippen molar-refractivity contribution in [3.63, 3.8) is 0 Å². The molecule has 1 aromatic rings. The minimum absolute atomic E-state index is 0.832. The van der Waals surface area contributed by atoms with Crippen LogP contribution in [0.3, 0.4) is 0 Å². The number of fused-ring (bicyclic) bond motifs is 1. The number of rotatable bonds is 7. The van der Waals surface area contributed by atoms with Crippen LogP contribution in [0.5, 0.6) is 0 Å². The van der Waals surface area contributed by atoms with Gasteiger partial charge in [-0.3, -0.25) is 0 Å². The average molecular weight is 249 g/mol. The van der Waals surface area contributed by atoms with Crippen LogP contribution in [0.2, 0.25) is 0 Å². The summed E-state index contributed by atoms with van der Waals surface area (Å²) in [6.45, 7) is 4.58. The molecular weight excluding hydrogens is 226 g/mol. The Hall–Kier alpha value is -0.470. The van der Waals surface area contributed by atoms with Gasteiger partial charge in [-0.25, -0.2) is 0 Å². The van der Waals surface area contributed by atoms with Crippen molar-refractivity contribution in [2.75, 3.05) is 13.1 Å². The number of benzene rings is 1. The molecule has 2 heteroatoms. The summed E-state index contributed by atoms with van der Waals surface area (Å²) in [7, 11) is 0. The standard InChI is InChI=1S/C15H23NS/c1-2-10-16-11-6-5-8-14-12-13-7-3-4-9-15(13)17-14/h3-4,7,9,14,16H,2,5-6,8,10-12H2,1H3. The lowest BCUT2D eigenvalue weighted by Crippen LogP contribution is -2.16. The molecule has 0 spiro atoms. The van der Waals surface area contributed by atoms with Crippen LogP contribution in [-0.2, 0) is 6.42 Å². The van der Waals surface area contributed by atoms with Gasteiger partial charge in [-0.05, 0) is 50.4 Å². The van der Waals surface area contributed by atoms with E-state index in [4.69, 9.17) is 0 Å². The van der Waals surface area contributed by atoms with Gasteiger partial charge in [-0.2, -0.15) is 0 Å². The molecule has 0 aromatic heterocycles. The van der Waals surface area contributed by atoms with E-state index in [1.807, 2.05) is 0 Å². The summed E-state index contributed by atoms with van der Waals surface area (Å²) in [5.74, 6) is 0. The van der Waals surface area contributed by atoms with E-state index in [0.29, 0.717) is 0 Å². The van der Waals surface area contributed by atoms with Crippen LogP contribution in [0.1, 0.15) is 38.2 Å². The van der Waals surface area contributed by atoms with E-state index in [1.165, 1.54) is 50.1 Å². The van der Waals surface area contributed by atoms with Gasteiger partial charge in [0.25, 0.3) is 0 Å². The summed E-state index contributed by atoms with van der Waals surface area (Å²) in [6.07, 6.45) is 6.58. The lowest BCUT2D eigenvalue weighted by atomic mass is 10.1. The number of thioether (sulfide) groups is 1. The molecule has 1 unspecified atom stereocenters. The molecule has 1 nitrogen and oxygen atoms in total. The molecule has 0 saturated carbocycles. The van der Waals surface area contributed by atoms with Crippen LogP contribution < -0.4 is 5.32 Å². The molecule has 0 radical (unpaired) electrons. The van der Waals surface area contributed by atoms with Gasteiger partial charge in [0.15, 0.2) is 0 Å². The number of nitrogens with one attached hydrogen (secondary N) is 1. The molecule has 94 valence electrons. The molecule has 1 atom stereocenters. The fourth-order valence-electron chi connectivity index (χ4n) is 2.34. The Morgan fingerprint density at radius 1 is 1.24 bits per heavy atom. The van der Waals surface area contributed by atoms with Crippen molar-refractivity contribution in [3.05, 3.63) is 29.8 Å². The van der Waals surface area contributed by atoms with Crippen LogP contribution in [0, 0.1) is 0 Å². The van der Waals surface area contributed by atoms with E-state index in [2.05, 4.69) is 48.3 Å². The molecule has 0 saturated heterocycles. The van der Waals surface area contributed by atoms with Gasteiger partial charge in [0.2, 0.25) is 0 Å². The smallest absolute Gasteiger partial charge is 0.0135 e. The van der Waals surface area contributed by atoms with E-state index in [9.17, 15) is 0 Å². The summed E-state index contributed by atoms with van der Waals surface area (Å²) in [5.41, 5.74) is 1.56. The van der Waals surface area contributed by atoms with Crippen molar-refractivity contribution in [3.8, 4) is 0 Å². The van der Waals surface area contributed by atoms with E-state index >= 15 is 0 Å². The van der Waals surface area contributed by atoms with Crippen molar-refractivity contribution >= 4 is 11.8 Å². The summed E-state index contributed by atoms with van der Waals surface area (Å²) < 4.78 is 0. The number of unbranched alkanes of at least 4 members (excludes halogenated alkanes) is 1. The fraction of sp³-hybridized carbons (Fsp3) is 0.600. The predicted molar refractivity (Wildman–Crippen MR) is 76.8 cm³/mol. The maximum absolute atomic E-state index is 3.47. The molecule has 17 heavy (non-hydrogen) atoms. The second-order valence-electron chi connectivity index (χ2n) is 4.80. The highest BCUT2D eigenvalue weighted by molar-refractivity contribution is 8.00. The van der Waals surface area contributed by atoms with Crippen molar-refractivity contribution in [2.24, 2.45) is 0 Å². The van der Waals surface area contributed by atoms with Gasteiger partial charge in [0, 0.05) is 10.1 Å². The van der Waals surface area contributed by atoms with Gasteiger partial charge < -0.3 is 5.32 Å². The molecule has 1 heterocycles. The molecule has 1 aliphatic heterocycles. The molecule has 0 bridgehead atoms. The molecule has 1 aromatic carbocycles. The van der Waals surface area contributed by atoms with E-state index < -0.39 is 0 Å². The molecule has 0 fully saturated rings. The topological polar surface area (TPSA) is 12.0 Å². The van der Waals surface area contributed by atoms with Crippen molar-refractivity contribution in [1.82, 2.24) is 5.32 Å². The van der Waals surface area contributed by atoms with Crippen molar-refractivity contribution < 1.29 is 0 Å².